The Bertz CT molecular complexity index is 1280. The highest BCUT2D eigenvalue weighted by Gasteiger charge is 2.24. The zero-order valence-corrected chi connectivity index (χ0v) is 18.4. The van der Waals surface area contributed by atoms with Crippen molar-refractivity contribution in [1.82, 2.24) is 25.6 Å². The monoisotopic (exact) mass is 435 g/mol. The Morgan fingerprint density at radius 3 is 2.81 bits per heavy atom. The first kappa shape index (κ1) is 21.8. The van der Waals surface area contributed by atoms with Gasteiger partial charge in [-0.15, -0.1) is 0 Å². The summed E-state index contributed by atoms with van der Waals surface area (Å²) in [6, 6.07) is 5.28. The number of aryl methyl sites for hydroxylation is 1. The van der Waals surface area contributed by atoms with Crippen LogP contribution in [0.4, 0.5) is 4.39 Å². The number of carbonyl (C=O) groups is 1. The van der Waals surface area contributed by atoms with Gasteiger partial charge in [-0.3, -0.25) is 14.6 Å². The molecular formula is C24H26FN5O2. The van der Waals surface area contributed by atoms with E-state index in [4.69, 9.17) is 0 Å². The van der Waals surface area contributed by atoms with Crippen LogP contribution in [0.3, 0.4) is 0 Å². The SMILES string of the molecule is CCc1cc2ncc(Cc3cc(C(=O)NC)nc(F)c3C3=CCNCC3C)cc2[nH]c1=O. The zero-order chi connectivity index (χ0) is 22.8. The van der Waals surface area contributed by atoms with Crippen molar-refractivity contribution in [3.63, 3.8) is 0 Å². The lowest BCUT2D eigenvalue weighted by Crippen LogP contribution is -2.28. The molecule has 32 heavy (non-hydrogen) atoms. The second-order valence-corrected chi connectivity index (χ2v) is 8.06. The van der Waals surface area contributed by atoms with Crippen molar-refractivity contribution in [1.29, 1.82) is 0 Å². The molecule has 0 saturated carbocycles. The van der Waals surface area contributed by atoms with E-state index < -0.39 is 11.9 Å². The molecule has 0 radical (unpaired) electrons. The summed E-state index contributed by atoms with van der Waals surface area (Å²) in [6.07, 6.45) is 4.66. The molecule has 1 unspecified atom stereocenters. The number of aromatic amines is 1. The number of fused-ring (bicyclic) bond motifs is 1. The predicted octanol–water partition coefficient (Wildman–Crippen LogP) is 2.59. The van der Waals surface area contributed by atoms with Gasteiger partial charge in [0.2, 0.25) is 5.95 Å². The summed E-state index contributed by atoms with van der Waals surface area (Å²) in [6.45, 7) is 5.33. The van der Waals surface area contributed by atoms with Crippen molar-refractivity contribution in [3.05, 3.63) is 74.7 Å². The molecular weight excluding hydrogens is 409 g/mol. The maximum absolute atomic E-state index is 15.2. The van der Waals surface area contributed by atoms with Gasteiger partial charge in [0.05, 0.1) is 11.0 Å². The van der Waals surface area contributed by atoms with E-state index in [2.05, 4.69) is 25.6 Å². The van der Waals surface area contributed by atoms with E-state index in [9.17, 15) is 9.59 Å². The standard InChI is InChI=1S/C24H26FN5O2/c1-4-15-9-18-19(30-23(15)31)8-14(12-28-18)7-16-10-20(24(32)26-3)29-22(25)21(16)17-5-6-27-11-13(17)2/h5,8-10,12-13,27H,4,6-7,11H2,1-3H3,(H,26,32)(H,30,31). The molecule has 1 aliphatic heterocycles. The molecule has 1 aliphatic rings. The second kappa shape index (κ2) is 9.00. The highest BCUT2D eigenvalue weighted by atomic mass is 19.1. The molecule has 8 heteroatoms. The van der Waals surface area contributed by atoms with Crippen molar-refractivity contribution < 1.29 is 9.18 Å². The largest absolute Gasteiger partial charge is 0.354 e. The lowest BCUT2D eigenvalue weighted by atomic mass is 9.87. The van der Waals surface area contributed by atoms with Crippen LogP contribution in [0.1, 0.15) is 46.6 Å². The number of hydrogen-bond donors (Lipinski definition) is 3. The van der Waals surface area contributed by atoms with Gasteiger partial charge in [-0.1, -0.05) is 19.9 Å². The van der Waals surface area contributed by atoms with Crippen LogP contribution < -0.4 is 16.2 Å². The number of H-pyrrole nitrogens is 1. The summed E-state index contributed by atoms with van der Waals surface area (Å²) in [7, 11) is 1.49. The minimum atomic E-state index is -0.657. The molecule has 4 rings (SSSR count). The predicted molar refractivity (Wildman–Crippen MR) is 122 cm³/mol. The van der Waals surface area contributed by atoms with E-state index in [1.165, 1.54) is 7.05 Å². The fourth-order valence-electron chi connectivity index (χ4n) is 4.14. The highest BCUT2D eigenvalue weighted by Crippen LogP contribution is 2.31. The molecule has 0 aromatic carbocycles. The molecule has 0 spiro atoms. The Hall–Kier alpha value is -3.39. The average Bonchev–Trinajstić information content (AvgIpc) is 2.78. The summed E-state index contributed by atoms with van der Waals surface area (Å²) in [5.74, 6) is -1.00. The third-order valence-electron chi connectivity index (χ3n) is 5.85. The van der Waals surface area contributed by atoms with Crippen LogP contribution in [0.25, 0.3) is 16.6 Å². The van der Waals surface area contributed by atoms with Crippen LogP contribution in [-0.4, -0.2) is 41.0 Å². The van der Waals surface area contributed by atoms with Crippen molar-refractivity contribution in [3.8, 4) is 0 Å². The normalized spacial score (nSPS) is 16.1. The first-order valence-corrected chi connectivity index (χ1v) is 10.7. The summed E-state index contributed by atoms with van der Waals surface area (Å²) < 4.78 is 15.2. The molecule has 1 atom stereocenters. The summed E-state index contributed by atoms with van der Waals surface area (Å²) >= 11 is 0. The lowest BCUT2D eigenvalue weighted by molar-refractivity contribution is 0.0957. The smallest absolute Gasteiger partial charge is 0.269 e. The van der Waals surface area contributed by atoms with Crippen LogP contribution in [0.2, 0.25) is 0 Å². The van der Waals surface area contributed by atoms with Crippen molar-refractivity contribution in [2.75, 3.05) is 20.1 Å². The quantitative estimate of drug-likeness (QED) is 0.535. The first-order chi connectivity index (χ1) is 15.4. The molecule has 0 bridgehead atoms. The molecule has 3 aromatic heterocycles. The highest BCUT2D eigenvalue weighted by molar-refractivity contribution is 5.92. The first-order valence-electron chi connectivity index (χ1n) is 10.7. The number of halogens is 1. The van der Waals surface area contributed by atoms with Gasteiger partial charge in [0, 0.05) is 37.5 Å². The number of rotatable bonds is 5. The van der Waals surface area contributed by atoms with Crippen molar-refractivity contribution >= 4 is 22.5 Å². The maximum atomic E-state index is 15.2. The van der Waals surface area contributed by atoms with E-state index in [0.29, 0.717) is 47.1 Å². The van der Waals surface area contributed by atoms with Crippen LogP contribution in [0.5, 0.6) is 0 Å². The molecule has 0 saturated heterocycles. The third kappa shape index (κ3) is 4.18. The minimum Gasteiger partial charge on any atom is -0.354 e. The fourth-order valence-corrected chi connectivity index (χ4v) is 4.14. The molecule has 0 fully saturated rings. The van der Waals surface area contributed by atoms with E-state index in [-0.39, 0.29) is 17.2 Å². The Labute approximate surface area is 185 Å². The molecule has 1 amide bonds. The van der Waals surface area contributed by atoms with Crippen LogP contribution in [0, 0.1) is 11.9 Å². The number of aromatic nitrogens is 3. The summed E-state index contributed by atoms with van der Waals surface area (Å²) in [5, 5.41) is 5.77. The van der Waals surface area contributed by atoms with E-state index in [1.54, 1.807) is 18.3 Å². The molecule has 166 valence electrons. The summed E-state index contributed by atoms with van der Waals surface area (Å²) in [4.78, 5) is 35.7. The van der Waals surface area contributed by atoms with Gasteiger partial charge >= 0.3 is 0 Å². The zero-order valence-electron chi connectivity index (χ0n) is 18.4. The number of carbonyl (C=O) groups excluding carboxylic acids is 1. The van der Waals surface area contributed by atoms with E-state index >= 15 is 4.39 Å². The van der Waals surface area contributed by atoms with Gasteiger partial charge in [0.1, 0.15) is 5.69 Å². The van der Waals surface area contributed by atoms with Gasteiger partial charge in [-0.05, 0) is 53.7 Å². The number of nitrogens with zero attached hydrogens (tertiary/aromatic N) is 2. The Kier molecular flexibility index (Phi) is 6.14. The second-order valence-electron chi connectivity index (χ2n) is 8.06. The third-order valence-corrected chi connectivity index (χ3v) is 5.85. The molecule has 3 N–H and O–H groups in total. The Balaban J connectivity index is 1.82. The Morgan fingerprint density at radius 2 is 2.09 bits per heavy atom. The van der Waals surface area contributed by atoms with Crippen LogP contribution >= 0.6 is 0 Å². The van der Waals surface area contributed by atoms with Crippen LogP contribution in [0.15, 0.2) is 35.3 Å². The molecule has 4 heterocycles. The van der Waals surface area contributed by atoms with Crippen molar-refractivity contribution in [2.45, 2.75) is 26.7 Å². The van der Waals surface area contributed by atoms with Gasteiger partial charge in [0.25, 0.3) is 11.5 Å². The number of nitrogens with one attached hydrogen (secondary N) is 3. The number of amides is 1. The molecule has 3 aromatic rings. The fraction of sp³-hybridized carbons (Fsp3) is 0.333. The maximum Gasteiger partial charge on any atom is 0.269 e. The summed E-state index contributed by atoms with van der Waals surface area (Å²) in [5.41, 5.74) is 4.67. The molecule has 0 aliphatic carbocycles. The molecule has 7 nitrogen and oxygen atoms in total. The lowest BCUT2D eigenvalue weighted by Gasteiger charge is -2.24. The van der Waals surface area contributed by atoms with Gasteiger partial charge < -0.3 is 15.6 Å². The van der Waals surface area contributed by atoms with Gasteiger partial charge in [-0.25, -0.2) is 4.98 Å². The average molecular weight is 436 g/mol. The Morgan fingerprint density at radius 1 is 1.28 bits per heavy atom. The van der Waals surface area contributed by atoms with Crippen molar-refractivity contribution in [2.24, 2.45) is 5.92 Å². The number of hydrogen-bond acceptors (Lipinski definition) is 5. The van der Waals surface area contributed by atoms with E-state index in [1.807, 2.05) is 26.0 Å². The van der Waals surface area contributed by atoms with E-state index in [0.717, 1.165) is 17.7 Å². The minimum absolute atomic E-state index is 0.0284. The number of pyridine rings is 3. The van der Waals surface area contributed by atoms with Crippen LogP contribution in [-0.2, 0) is 12.8 Å². The van der Waals surface area contributed by atoms with Gasteiger partial charge in [-0.2, -0.15) is 4.39 Å². The van der Waals surface area contributed by atoms with Gasteiger partial charge in [0.15, 0.2) is 0 Å². The topological polar surface area (TPSA) is 99.8 Å².